The molecule has 8 nitrogen and oxygen atoms in total. The monoisotopic (exact) mass is 607 g/mol. The fourth-order valence-electron chi connectivity index (χ4n) is 2.14. The van der Waals surface area contributed by atoms with E-state index in [0.717, 1.165) is 0 Å². The predicted octanol–water partition coefficient (Wildman–Crippen LogP) is 5.87. The highest BCUT2D eigenvalue weighted by Gasteiger charge is 2.47. The van der Waals surface area contributed by atoms with Crippen LogP contribution in [-0.4, -0.2) is 34.8 Å². The summed E-state index contributed by atoms with van der Waals surface area (Å²) >= 11 is 29.2. The number of carbonyl (C=O) groups excluding carboxylic acids is 1. The van der Waals surface area contributed by atoms with Crippen molar-refractivity contribution >= 4 is 90.3 Å². The lowest BCUT2D eigenvalue weighted by Gasteiger charge is -2.12. The van der Waals surface area contributed by atoms with Gasteiger partial charge in [-0.15, -0.1) is 0 Å². The van der Waals surface area contributed by atoms with E-state index in [9.17, 15) is 40.7 Å². The Morgan fingerprint density at radius 2 is 1.52 bits per heavy atom. The summed E-state index contributed by atoms with van der Waals surface area (Å²) in [6.45, 7) is 0. The number of esters is 1. The fraction of sp³-hybridized carbons (Fsp3) is 0.133. The first kappa shape index (κ1) is 27.9. The summed E-state index contributed by atoms with van der Waals surface area (Å²) in [6, 6.07) is 0.949. The minimum atomic E-state index is -5.92. The average molecular weight is 610 g/mol. The maximum Gasteiger partial charge on any atom is 0.501 e. The Morgan fingerprint density at radius 3 is 1.97 bits per heavy atom. The van der Waals surface area contributed by atoms with E-state index in [2.05, 4.69) is 0 Å². The van der Waals surface area contributed by atoms with Crippen LogP contribution in [0.2, 0.25) is 25.1 Å². The Bertz CT molecular complexity index is 1270. The van der Waals surface area contributed by atoms with Crippen LogP contribution in [0.5, 0.6) is 5.75 Å². The summed E-state index contributed by atoms with van der Waals surface area (Å²) in [7, 11) is -8.49. The van der Waals surface area contributed by atoms with Crippen molar-refractivity contribution in [3.05, 3.63) is 53.4 Å². The van der Waals surface area contributed by atoms with E-state index in [-0.39, 0.29) is 21.1 Å². The van der Waals surface area contributed by atoms with Crippen molar-refractivity contribution in [3.8, 4) is 5.75 Å². The van der Waals surface area contributed by atoms with Crippen LogP contribution in [0.15, 0.2) is 28.0 Å². The summed E-state index contributed by atoms with van der Waals surface area (Å²) in [5, 5.41) is 9.48. The van der Waals surface area contributed by atoms with Gasteiger partial charge in [-0.2, -0.15) is 13.2 Å². The van der Waals surface area contributed by atoms with Gasteiger partial charge in [-0.25, -0.2) is 8.42 Å². The number of sulfone groups is 1. The Balaban J connectivity index is 2.38. The molecule has 0 radical (unpaired) electrons. The topological polar surface area (TPSA) is 121 Å². The van der Waals surface area contributed by atoms with E-state index in [1.54, 1.807) is 0 Å². The lowest BCUT2D eigenvalue weighted by molar-refractivity contribution is -0.388. The van der Waals surface area contributed by atoms with E-state index in [1.165, 1.54) is 0 Å². The maximum absolute atomic E-state index is 12.7. The van der Waals surface area contributed by atoms with Crippen LogP contribution in [0.25, 0.3) is 0 Å². The number of benzene rings is 2. The van der Waals surface area contributed by atoms with Crippen molar-refractivity contribution in [2.75, 3.05) is 5.75 Å². The normalized spacial score (nSPS) is 13.0. The number of alkyl halides is 3. The Morgan fingerprint density at radius 1 is 1.03 bits per heavy atom. The van der Waals surface area contributed by atoms with Crippen LogP contribution in [-0.2, 0) is 25.4 Å². The molecule has 0 bridgehead atoms. The molecule has 2 aromatic carbocycles. The minimum absolute atomic E-state index is 0.0772. The number of nitro groups is 1. The molecule has 0 aliphatic rings. The molecule has 2 aromatic rings. The van der Waals surface area contributed by atoms with Gasteiger partial charge in [-0.05, 0) is 12.1 Å². The van der Waals surface area contributed by atoms with Crippen LogP contribution < -0.4 is 4.74 Å². The number of halogens is 8. The predicted molar refractivity (Wildman–Crippen MR) is 115 cm³/mol. The average Bonchev–Trinajstić information content (AvgIpc) is 2.72. The Labute approximate surface area is 210 Å². The maximum atomic E-state index is 12.7. The molecule has 0 saturated carbocycles. The summed E-state index contributed by atoms with van der Waals surface area (Å²) in [6.07, 6.45) is 0. The zero-order valence-corrected chi connectivity index (χ0v) is 20.5. The summed E-state index contributed by atoms with van der Waals surface area (Å²) < 4.78 is 78.4. The molecule has 180 valence electrons. The first-order valence-corrected chi connectivity index (χ1v) is 12.4. The van der Waals surface area contributed by atoms with Crippen molar-refractivity contribution in [1.29, 1.82) is 0 Å². The second-order valence-corrected chi connectivity index (χ2v) is 10.9. The zero-order chi connectivity index (χ0) is 25.5. The number of ether oxygens (including phenoxy) is 1. The lowest BCUT2D eigenvalue weighted by Crippen LogP contribution is -2.23. The minimum Gasteiger partial charge on any atom is -0.423 e. The molecule has 2 rings (SSSR count). The molecule has 0 heterocycles. The van der Waals surface area contributed by atoms with Gasteiger partial charge in [0.25, 0.3) is 15.5 Å². The quantitative estimate of drug-likeness (QED) is 0.100. The number of hydrogen-bond donors (Lipinski definition) is 0. The van der Waals surface area contributed by atoms with Crippen molar-refractivity contribution in [1.82, 2.24) is 0 Å². The molecular weight excluding hydrogens is 605 g/mol. The second kappa shape index (κ2) is 10.1. The van der Waals surface area contributed by atoms with Crippen molar-refractivity contribution in [2.45, 2.75) is 15.3 Å². The van der Waals surface area contributed by atoms with E-state index < -0.39 is 74.1 Å². The summed E-state index contributed by atoms with van der Waals surface area (Å²) in [5.41, 5.74) is -6.97. The van der Waals surface area contributed by atoms with Gasteiger partial charge in [0.1, 0.15) is 20.7 Å². The molecule has 0 N–H and O–H groups in total. The SMILES string of the molecule is O=C(CS(=O)c1ccc(S(=O)(=O)C(F)(F)F)cc1[N+](=O)[O-])Oc1c(Cl)c(Cl)c(Cl)c(Cl)c1Cl. The third kappa shape index (κ3) is 5.66. The van der Waals surface area contributed by atoms with Gasteiger partial charge in [0, 0.05) is 6.07 Å². The van der Waals surface area contributed by atoms with Crippen LogP contribution in [0.4, 0.5) is 18.9 Å². The van der Waals surface area contributed by atoms with Crippen LogP contribution in [0.3, 0.4) is 0 Å². The Kier molecular flexibility index (Phi) is 8.54. The van der Waals surface area contributed by atoms with Gasteiger partial charge in [-0.3, -0.25) is 19.1 Å². The number of nitro benzene ring substituents is 1. The first-order chi connectivity index (χ1) is 15.0. The molecular formula is C15H5Cl5F3NO7S2. The highest BCUT2D eigenvalue weighted by Crippen LogP contribution is 2.48. The van der Waals surface area contributed by atoms with Gasteiger partial charge in [0.05, 0.1) is 35.7 Å². The molecule has 1 unspecified atom stereocenters. The van der Waals surface area contributed by atoms with Crippen LogP contribution in [0, 0.1) is 10.1 Å². The third-order valence-electron chi connectivity index (χ3n) is 3.62. The zero-order valence-electron chi connectivity index (χ0n) is 15.1. The van der Waals surface area contributed by atoms with Gasteiger partial charge in [-0.1, -0.05) is 58.0 Å². The van der Waals surface area contributed by atoms with E-state index >= 15 is 0 Å². The van der Waals surface area contributed by atoms with Crippen molar-refractivity contribution < 1.29 is 40.3 Å². The fourth-order valence-corrected chi connectivity index (χ4v) is 5.13. The third-order valence-corrected chi connectivity index (χ3v) is 8.68. The van der Waals surface area contributed by atoms with E-state index in [4.69, 9.17) is 62.7 Å². The lowest BCUT2D eigenvalue weighted by atomic mass is 10.3. The molecule has 18 heteroatoms. The smallest absolute Gasteiger partial charge is 0.423 e. The van der Waals surface area contributed by atoms with Crippen LogP contribution in [0.1, 0.15) is 0 Å². The summed E-state index contributed by atoms with van der Waals surface area (Å²) in [5.74, 6) is -2.94. The highest BCUT2D eigenvalue weighted by atomic mass is 35.5. The number of hydrogen-bond acceptors (Lipinski definition) is 7. The molecule has 0 fully saturated rings. The van der Waals surface area contributed by atoms with Gasteiger partial charge >= 0.3 is 11.5 Å². The van der Waals surface area contributed by atoms with E-state index in [1.807, 2.05) is 0 Å². The van der Waals surface area contributed by atoms with Crippen LogP contribution >= 0.6 is 58.0 Å². The molecule has 0 aliphatic heterocycles. The number of carbonyl (C=O) groups is 1. The molecule has 33 heavy (non-hydrogen) atoms. The Hall–Kier alpha value is -1.35. The highest BCUT2D eigenvalue weighted by molar-refractivity contribution is 7.92. The van der Waals surface area contributed by atoms with Gasteiger partial charge < -0.3 is 4.74 Å². The molecule has 1 atom stereocenters. The second-order valence-electron chi connectivity index (χ2n) is 5.70. The van der Waals surface area contributed by atoms with Crippen molar-refractivity contribution in [2.24, 2.45) is 0 Å². The summed E-state index contributed by atoms with van der Waals surface area (Å²) in [4.78, 5) is 19.9. The molecule has 0 aliphatic carbocycles. The van der Waals surface area contributed by atoms with E-state index in [0.29, 0.717) is 12.1 Å². The number of rotatable bonds is 6. The van der Waals surface area contributed by atoms with Gasteiger partial charge in [0.2, 0.25) is 0 Å². The molecule has 0 spiro atoms. The largest absolute Gasteiger partial charge is 0.501 e. The van der Waals surface area contributed by atoms with Gasteiger partial charge in [0.15, 0.2) is 5.75 Å². The molecule has 0 aromatic heterocycles. The standard InChI is InChI=1S/C15H5Cl5F3NO7S2/c16-9-10(17)12(19)14(13(20)11(9)18)31-8(25)4-32(28)7-2-1-5(3-6(7)24(26)27)33(29,30)15(21,22)23/h1-3H,4H2. The molecule has 0 saturated heterocycles. The number of nitrogens with zero attached hydrogens (tertiary/aromatic N) is 1. The first-order valence-electron chi connectivity index (χ1n) is 7.71. The van der Waals surface area contributed by atoms with Crippen molar-refractivity contribution in [3.63, 3.8) is 0 Å². The molecule has 0 amide bonds.